The smallest absolute Gasteiger partial charge is 0.410 e. The third-order valence-corrected chi connectivity index (χ3v) is 7.87. The van der Waals surface area contributed by atoms with Gasteiger partial charge in [-0.05, 0) is 29.5 Å². The number of benzene rings is 3. The quantitative estimate of drug-likeness (QED) is 0.0974. The highest BCUT2D eigenvalue weighted by molar-refractivity contribution is 5.67. The zero-order valence-electron chi connectivity index (χ0n) is 25.2. The second-order valence-corrected chi connectivity index (χ2v) is 11.1. The Morgan fingerprint density at radius 1 is 0.911 bits per heavy atom. The number of amides is 1. The van der Waals surface area contributed by atoms with E-state index in [1.165, 1.54) is 0 Å². The molecule has 2 fully saturated rings. The van der Waals surface area contributed by atoms with Crippen molar-refractivity contribution in [2.45, 2.75) is 75.8 Å². The molecule has 11 heteroatoms. The molecule has 0 spiro atoms. The van der Waals surface area contributed by atoms with Crippen LogP contribution in [0.3, 0.4) is 0 Å². The number of fused-ring (bicyclic) bond motifs is 1. The molecule has 3 unspecified atom stereocenters. The lowest BCUT2D eigenvalue weighted by molar-refractivity contribution is -0.341. The number of ether oxygens (including phenoxy) is 5. The molecule has 3 aromatic carbocycles. The molecule has 0 saturated carbocycles. The van der Waals surface area contributed by atoms with E-state index in [1.807, 2.05) is 91.0 Å². The molecule has 2 heterocycles. The highest BCUT2D eigenvalue weighted by Crippen LogP contribution is 2.35. The minimum Gasteiger partial charge on any atom is -0.445 e. The topological polar surface area (TPSA) is 135 Å². The fraction of sp³-hybridized carbons (Fsp3) is 0.441. The number of carbonyl (C=O) groups excluding carboxylic acids is 1. The predicted octanol–water partition coefficient (Wildman–Crippen LogP) is 6.28. The number of hydrogen-bond donors (Lipinski definition) is 1. The highest BCUT2D eigenvalue weighted by atomic mass is 16.7. The van der Waals surface area contributed by atoms with E-state index >= 15 is 0 Å². The van der Waals surface area contributed by atoms with Crippen molar-refractivity contribution in [3.63, 3.8) is 0 Å². The van der Waals surface area contributed by atoms with Crippen molar-refractivity contribution in [2.24, 2.45) is 5.11 Å². The number of carbonyl (C=O) groups is 1. The van der Waals surface area contributed by atoms with Crippen LogP contribution in [-0.4, -0.2) is 66.5 Å². The molecule has 0 aliphatic carbocycles. The van der Waals surface area contributed by atoms with Gasteiger partial charge in [-0.2, -0.15) is 0 Å². The van der Waals surface area contributed by atoms with Crippen molar-refractivity contribution in [1.82, 2.24) is 4.90 Å². The monoisotopic (exact) mass is 616 g/mol. The maximum Gasteiger partial charge on any atom is 0.410 e. The summed E-state index contributed by atoms with van der Waals surface area (Å²) < 4.78 is 29.5. The molecule has 11 nitrogen and oxygen atoms in total. The minimum atomic E-state index is -1.11. The molecule has 2 aliphatic heterocycles. The van der Waals surface area contributed by atoms with Crippen LogP contribution in [0.25, 0.3) is 10.4 Å². The molecular weight excluding hydrogens is 576 g/mol. The van der Waals surface area contributed by atoms with Crippen molar-refractivity contribution in [3.8, 4) is 0 Å². The predicted molar refractivity (Wildman–Crippen MR) is 166 cm³/mol. The maximum atomic E-state index is 13.0. The summed E-state index contributed by atoms with van der Waals surface area (Å²) in [6.07, 6.45) is -1.04. The summed E-state index contributed by atoms with van der Waals surface area (Å²) in [5.41, 5.74) is 12.0. The summed E-state index contributed by atoms with van der Waals surface area (Å²) in [5.74, 6) is 0. The Morgan fingerprint density at radius 2 is 1.58 bits per heavy atom. The highest BCUT2D eigenvalue weighted by Gasteiger charge is 2.49. The molecule has 1 amide bonds. The van der Waals surface area contributed by atoms with Crippen LogP contribution in [-0.2, 0) is 36.8 Å². The molecule has 2 aliphatic rings. The number of nitrogens with zero attached hydrogens (tertiary/aromatic N) is 4. The van der Waals surface area contributed by atoms with E-state index in [0.717, 1.165) is 42.4 Å². The van der Waals surface area contributed by atoms with Crippen molar-refractivity contribution in [3.05, 3.63) is 118 Å². The zero-order valence-corrected chi connectivity index (χ0v) is 25.2. The van der Waals surface area contributed by atoms with Crippen LogP contribution < -0.4 is 0 Å². The summed E-state index contributed by atoms with van der Waals surface area (Å²) in [6, 6.07) is 28.0. The van der Waals surface area contributed by atoms with E-state index in [1.54, 1.807) is 4.90 Å². The number of hydrogen-bond acceptors (Lipinski definition) is 8. The lowest BCUT2D eigenvalue weighted by Crippen LogP contribution is -2.61. The van der Waals surface area contributed by atoms with Gasteiger partial charge in [0.15, 0.2) is 12.6 Å². The third kappa shape index (κ3) is 9.27. The average Bonchev–Trinajstić information content (AvgIpc) is 3.09. The summed E-state index contributed by atoms with van der Waals surface area (Å²) in [5, 5.41) is 14.8. The first kappa shape index (κ1) is 32.4. The van der Waals surface area contributed by atoms with Gasteiger partial charge in [0.1, 0.15) is 24.9 Å². The van der Waals surface area contributed by atoms with Gasteiger partial charge >= 0.3 is 6.09 Å². The normalized spacial score (nSPS) is 24.2. The largest absolute Gasteiger partial charge is 0.445 e. The van der Waals surface area contributed by atoms with Crippen LogP contribution in [0, 0.1) is 0 Å². The Morgan fingerprint density at radius 3 is 2.29 bits per heavy atom. The van der Waals surface area contributed by atoms with Crippen LogP contribution in [0.15, 0.2) is 96.1 Å². The standard InChI is InChI=1S/C34H40N4O7/c35-37-36-29-30(39)31-28(24-42-32(45-31)27-18-10-5-11-19-27)44-33(29)41-21-13-2-1-12-20-38(22-25-14-6-3-7-15-25)34(40)43-23-26-16-8-4-9-17-26/h3-11,14-19,28-33,39H,1-2,12-13,20-24H2/t28?,29?,30-,31+,32?,33-/m1/s1. The molecule has 1 N–H and O–H groups in total. The molecule has 0 aromatic heterocycles. The molecule has 5 rings (SSSR count). The van der Waals surface area contributed by atoms with Gasteiger partial charge in [-0.15, -0.1) is 0 Å². The first-order valence-corrected chi connectivity index (χ1v) is 15.4. The van der Waals surface area contributed by atoms with Gasteiger partial charge in [0.05, 0.1) is 12.7 Å². The number of rotatable bonds is 14. The number of azide groups is 1. The Labute approximate surface area is 263 Å². The Hall–Kier alpha value is -3.96. The molecule has 2 saturated heterocycles. The molecule has 0 radical (unpaired) electrons. The van der Waals surface area contributed by atoms with E-state index in [-0.39, 0.29) is 19.3 Å². The van der Waals surface area contributed by atoms with E-state index in [0.29, 0.717) is 19.7 Å². The lowest BCUT2D eigenvalue weighted by Gasteiger charge is -2.46. The van der Waals surface area contributed by atoms with Gasteiger partial charge in [0, 0.05) is 30.2 Å². The van der Waals surface area contributed by atoms with E-state index in [4.69, 9.17) is 29.2 Å². The number of unbranched alkanes of at least 4 members (excludes halogenated alkanes) is 3. The van der Waals surface area contributed by atoms with Crippen molar-refractivity contribution >= 4 is 6.09 Å². The maximum absolute atomic E-state index is 13.0. The van der Waals surface area contributed by atoms with Crippen LogP contribution in [0.4, 0.5) is 4.79 Å². The molecule has 3 aromatic rings. The fourth-order valence-corrected chi connectivity index (χ4v) is 5.48. The van der Waals surface area contributed by atoms with Gasteiger partial charge in [0.25, 0.3) is 0 Å². The first-order chi connectivity index (χ1) is 22.1. The van der Waals surface area contributed by atoms with Crippen LogP contribution in [0.5, 0.6) is 0 Å². The van der Waals surface area contributed by atoms with Gasteiger partial charge in [-0.3, -0.25) is 0 Å². The average molecular weight is 617 g/mol. The van der Waals surface area contributed by atoms with Gasteiger partial charge in [0.2, 0.25) is 0 Å². The summed E-state index contributed by atoms with van der Waals surface area (Å²) in [7, 11) is 0. The number of aliphatic hydroxyl groups is 1. The van der Waals surface area contributed by atoms with Gasteiger partial charge in [-0.1, -0.05) is 109 Å². The Balaban J connectivity index is 1.06. The molecule has 45 heavy (non-hydrogen) atoms. The van der Waals surface area contributed by atoms with Crippen molar-refractivity contribution in [1.29, 1.82) is 0 Å². The molecule has 238 valence electrons. The SMILES string of the molecule is [N-]=[N+]=NC1[C@H](OCCCCCCN(Cc2ccccc2)C(=O)OCc2ccccc2)OC2COC(c3ccccc3)O[C@@H]2[C@@H]1O. The molecular formula is C34H40N4O7. The Kier molecular flexibility index (Phi) is 12.2. The molecule has 0 bridgehead atoms. The first-order valence-electron chi connectivity index (χ1n) is 15.4. The van der Waals surface area contributed by atoms with Crippen molar-refractivity contribution in [2.75, 3.05) is 19.8 Å². The zero-order chi connectivity index (χ0) is 31.3. The summed E-state index contributed by atoms with van der Waals surface area (Å²) in [6.45, 7) is 1.82. The van der Waals surface area contributed by atoms with Crippen molar-refractivity contribution < 1.29 is 33.6 Å². The molecule has 6 atom stereocenters. The van der Waals surface area contributed by atoms with E-state index in [9.17, 15) is 9.90 Å². The third-order valence-electron chi connectivity index (χ3n) is 7.87. The second-order valence-electron chi connectivity index (χ2n) is 11.1. The number of aliphatic hydroxyl groups excluding tert-OH is 1. The fourth-order valence-electron chi connectivity index (χ4n) is 5.48. The second kappa shape index (κ2) is 16.9. The minimum absolute atomic E-state index is 0.206. The summed E-state index contributed by atoms with van der Waals surface area (Å²) >= 11 is 0. The van der Waals surface area contributed by atoms with Gasteiger partial charge < -0.3 is 33.7 Å². The lowest BCUT2D eigenvalue weighted by atomic mass is 9.96. The summed E-state index contributed by atoms with van der Waals surface area (Å²) in [4.78, 5) is 17.6. The van der Waals surface area contributed by atoms with Crippen LogP contribution in [0.2, 0.25) is 0 Å². The van der Waals surface area contributed by atoms with E-state index in [2.05, 4.69) is 10.0 Å². The van der Waals surface area contributed by atoms with Crippen LogP contribution in [0.1, 0.15) is 48.7 Å². The van der Waals surface area contributed by atoms with Gasteiger partial charge in [-0.25, -0.2) is 4.79 Å². The van der Waals surface area contributed by atoms with Crippen LogP contribution >= 0.6 is 0 Å². The Bertz CT molecular complexity index is 1360. The van der Waals surface area contributed by atoms with E-state index < -0.39 is 36.9 Å².